The predicted octanol–water partition coefficient (Wildman–Crippen LogP) is 25.6. The van der Waals surface area contributed by atoms with Gasteiger partial charge in [0, 0.05) is 79.0 Å². The molecule has 0 aliphatic carbocycles. The minimum absolute atomic E-state index is 0.741. The molecule has 141 heavy (non-hydrogen) atoms. The fourth-order valence-electron chi connectivity index (χ4n) is 18.4. The zero-order valence-corrected chi connectivity index (χ0v) is 75.6. The average Bonchev–Trinajstić information content (AvgIpc) is 1.55. The van der Waals surface area contributed by atoms with E-state index in [1.807, 2.05) is 288 Å². The van der Waals surface area contributed by atoms with E-state index >= 15 is 0 Å². The van der Waals surface area contributed by atoms with Gasteiger partial charge in [0.1, 0.15) is 23.2 Å². The molecule has 10 heterocycles. The number of benzene rings is 17. The van der Waals surface area contributed by atoms with Crippen molar-refractivity contribution < 1.29 is 0 Å². The van der Waals surface area contributed by atoms with Crippen molar-refractivity contribution >= 4 is 61.1 Å². The highest BCUT2D eigenvalue weighted by atomic mass is 15.4. The molecule has 0 radical (unpaired) electrons. The van der Waals surface area contributed by atoms with Gasteiger partial charge in [-0.2, -0.15) is 0 Å². The van der Waals surface area contributed by atoms with E-state index in [1.165, 1.54) is 0 Å². The summed E-state index contributed by atoms with van der Waals surface area (Å²) in [5.74, 6) is 7.92. The lowest BCUT2D eigenvalue weighted by molar-refractivity contribution is 0.823. The van der Waals surface area contributed by atoms with E-state index in [0.717, 1.165) is 209 Å². The molecule has 10 aromatic heterocycles. The third-order valence-electron chi connectivity index (χ3n) is 24.7. The van der Waals surface area contributed by atoms with Gasteiger partial charge in [0.05, 0.1) is 61.4 Å². The van der Waals surface area contributed by atoms with Crippen LogP contribution in [0.1, 0.15) is 0 Å². The van der Waals surface area contributed by atoms with Crippen LogP contribution in [0.2, 0.25) is 0 Å². The van der Waals surface area contributed by atoms with Crippen LogP contribution >= 0.6 is 0 Å². The summed E-state index contributed by atoms with van der Waals surface area (Å²) in [6.45, 7) is 0. The fourth-order valence-corrected chi connectivity index (χ4v) is 18.4. The number of nitrogens with zero attached hydrogens (tertiary/aromatic N) is 23. The van der Waals surface area contributed by atoms with Crippen molar-refractivity contribution in [1.29, 1.82) is 0 Å². The van der Waals surface area contributed by atoms with Crippen molar-refractivity contribution in [3.63, 3.8) is 0 Å². The lowest BCUT2D eigenvalue weighted by Gasteiger charge is -2.16. The summed E-state index contributed by atoms with van der Waals surface area (Å²) < 4.78 is 19.0. The molecule has 0 spiro atoms. The van der Waals surface area contributed by atoms with Gasteiger partial charge in [-0.25, -0.2) is 24.6 Å². The zero-order chi connectivity index (χ0) is 93.7. The van der Waals surface area contributed by atoms with Gasteiger partial charge in [0.15, 0.2) is 52.2 Å². The monoisotopic (exact) mass is 1820 g/mol. The van der Waals surface area contributed by atoms with E-state index in [4.69, 9.17) is 30.4 Å². The summed E-state index contributed by atoms with van der Waals surface area (Å²) in [6.07, 6.45) is 3.58. The van der Waals surface area contributed by atoms with Crippen molar-refractivity contribution in [1.82, 2.24) is 112 Å². The maximum absolute atomic E-state index is 5.08. The van der Waals surface area contributed by atoms with E-state index in [1.54, 1.807) is 12.5 Å². The molecule has 23 nitrogen and oxygen atoms in total. The summed E-state index contributed by atoms with van der Waals surface area (Å²) >= 11 is 0. The smallest absolute Gasteiger partial charge is 0.220 e. The van der Waals surface area contributed by atoms with E-state index in [2.05, 4.69) is 273 Å². The van der Waals surface area contributed by atoms with Crippen molar-refractivity contribution in [2.75, 3.05) is 0 Å². The van der Waals surface area contributed by atoms with Crippen molar-refractivity contribution in [2.24, 2.45) is 0 Å². The molecule has 0 amide bonds. The Kier molecular flexibility index (Phi) is 22.4. The van der Waals surface area contributed by atoms with Crippen LogP contribution in [0.3, 0.4) is 0 Å². The molecule has 668 valence electrons. The summed E-state index contributed by atoms with van der Waals surface area (Å²) in [7, 11) is 0. The van der Waals surface area contributed by atoms with Gasteiger partial charge in [-0.15, -0.1) is 45.9 Å². The molecule has 0 aliphatic rings. The number of hydrogen-bond donors (Lipinski definition) is 0. The Hall–Kier alpha value is -19.9. The summed E-state index contributed by atoms with van der Waals surface area (Å²) in [6, 6.07) is 161. The van der Waals surface area contributed by atoms with E-state index in [9.17, 15) is 0 Å². The fraction of sp³-hybridized carbons (Fsp3) is 0. The normalized spacial score (nSPS) is 11.3. The molecule has 0 unspecified atom stereocenters. The molecule has 0 fully saturated rings. The first-order chi connectivity index (χ1) is 70.1. The Labute approximate surface area is 807 Å². The highest BCUT2D eigenvalue weighted by Crippen LogP contribution is 2.42. The van der Waals surface area contributed by atoms with E-state index in [-0.39, 0.29) is 0 Å². The van der Waals surface area contributed by atoms with E-state index < -0.39 is 0 Å². The van der Waals surface area contributed by atoms with Crippen LogP contribution in [-0.2, 0) is 0 Å². The van der Waals surface area contributed by atoms with Crippen LogP contribution in [-0.4, -0.2) is 112 Å². The maximum atomic E-state index is 5.08. The molecule has 27 rings (SSSR count). The van der Waals surface area contributed by atoms with Gasteiger partial charge in [0.2, 0.25) is 5.78 Å². The first kappa shape index (κ1) is 84.1. The lowest BCUT2D eigenvalue weighted by atomic mass is 10.1. The molecule has 0 saturated heterocycles. The molecule has 17 aromatic carbocycles. The number of imidazole rings is 4. The third-order valence-corrected chi connectivity index (χ3v) is 24.7. The molecular formula is C118H81N23. The average molecular weight is 1820 g/mol. The molecule has 0 atom stereocenters. The van der Waals surface area contributed by atoms with Crippen molar-refractivity contribution in [3.05, 3.63) is 492 Å². The van der Waals surface area contributed by atoms with Crippen molar-refractivity contribution in [2.45, 2.75) is 0 Å². The first-order valence-electron chi connectivity index (χ1n) is 46.2. The number of para-hydroxylation sites is 15. The molecule has 0 saturated carbocycles. The van der Waals surface area contributed by atoms with Crippen LogP contribution in [0.4, 0.5) is 0 Å². The van der Waals surface area contributed by atoms with Crippen LogP contribution in [0.5, 0.6) is 0 Å². The standard InChI is InChI=1S/C33H22N6.C33H23N5.2C26H18N6/c1-3-13-23(14-4-1)31-35-36-32(37(31)24-15-5-2-6-16-24)25-17-7-9-19-27(25)38-29-21-11-12-22-30(29)39-28-20-10-8-18-26(28)34-33(38)39;1-4-14-24(15-5-1)31-34-28-21-11-13-23-30(28)38(31)29-22-12-10-20-27(29)33-36-35-32(25-16-6-2-7-17-25)37(33)26-18-8-3-9-19-26;1-3-11-19(12-4-1)25-28-29-26(31(25)20-13-5-2-6-14-20)21-15-7-9-17-23(21)32-24-18-10-8-16-22(24)27-30-32;1-3-10-19(11-4-1)24-29-30-25(32(24)20-12-5-2-6-13-20)21-14-7-8-16-23(21)31-18-28-22-15-9-17-27-26(22)31/h1-22H;1-23H;2*1-18H. The number of aromatic nitrogens is 23. The molecular weight excluding hydrogens is 1740 g/mol. The summed E-state index contributed by atoms with van der Waals surface area (Å²) in [4.78, 5) is 19.2. The van der Waals surface area contributed by atoms with Gasteiger partial charge in [-0.3, -0.25) is 36.4 Å². The second-order valence-corrected chi connectivity index (χ2v) is 33.2. The predicted molar refractivity (Wildman–Crippen MR) is 557 cm³/mol. The van der Waals surface area contributed by atoms with Crippen LogP contribution < -0.4 is 0 Å². The second kappa shape index (κ2) is 37.5. The Balaban J connectivity index is 0.000000102. The SMILES string of the molecule is c1ccc(-c2nnc(-c3ccccc3-n3c(-c4ccccc4)nc4ccccc43)n2-c2ccccc2)cc1.c1ccc(-c2nnc(-c3ccccc3-n3c4ccccc4n4c5ccccc5nc34)n2-c2ccccc2)cc1.c1ccc(-c2nnc(-c3ccccc3-n3cnc4cccnc43)n2-c2ccccc2)cc1.c1ccc(-c2nnc(-c3ccccc3-n3nnc4ccccc43)n2-c2ccccc2)cc1. The highest BCUT2D eigenvalue weighted by molar-refractivity contribution is 5.94. The van der Waals surface area contributed by atoms with Gasteiger partial charge >= 0.3 is 0 Å². The summed E-state index contributed by atoms with van der Waals surface area (Å²) in [5.41, 5.74) is 26.3. The molecule has 23 heteroatoms. The van der Waals surface area contributed by atoms with Gasteiger partial charge in [-0.05, 0) is 158 Å². The van der Waals surface area contributed by atoms with Crippen LogP contribution in [0.15, 0.2) is 492 Å². The van der Waals surface area contributed by atoms with Gasteiger partial charge in [-0.1, -0.05) is 327 Å². The highest BCUT2D eigenvalue weighted by Gasteiger charge is 2.29. The largest absolute Gasteiger partial charge is 0.292 e. The topological polar surface area (TPSA) is 224 Å². The minimum atomic E-state index is 0.741. The summed E-state index contributed by atoms with van der Waals surface area (Å²) in [5, 5.41) is 46.2. The van der Waals surface area contributed by atoms with Crippen LogP contribution in [0.25, 0.3) is 209 Å². The molecule has 27 aromatic rings. The van der Waals surface area contributed by atoms with E-state index in [0.29, 0.717) is 0 Å². The maximum Gasteiger partial charge on any atom is 0.220 e. The molecule has 0 bridgehead atoms. The lowest BCUT2D eigenvalue weighted by Crippen LogP contribution is -2.04. The second-order valence-electron chi connectivity index (χ2n) is 33.2. The van der Waals surface area contributed by atoms with Crippen LogP contribution in [0, 0.1) is 0 Å². The minimum Gasteiger partial charge on any atom is -0.292 e. The molecule has 0 N–H and O–H groups in total. The quantitative estimate of drug-likeness (QED) is 0.0827. The number of pyridine rings is 1. The third kappa shape index (κ3) is 15.8. The number of hydrogen-bond acceptors (Lipinski definition) is 14. The van der Waals surface area contributed by atoms with Crippen molar-refractivity contribution in [3.8, 4) is 148 Å². The Morgan fingerprint density at radius 3 is 0.922 bits per heavy atom. The van der Waals surface area contributed by atoms with Gasteiger partial charge < -0.3 is 0 Å². The first-order valence-corrected chi connectivity index (χ1v) is 46.2. The Morgan fingerprint density at radius 2 is 0.482 bits per heavy atom. The number of rotatable bonds is 17. The van der Waals surface area contributed by atoms with Gasteiger partial charge in [0.25, 0.3) is 0 Å². The molecule has 0 aliphatic heterocycles. The zero-order valence-electron chi connectivity index (χ0n) is 75.6. The Bertz CT molecular complexity index is 8870. The number of fused-ring (bicyclic) bond motifs is 8. The Morgan fingerprint density at radius 1 is 0.177 bits per heavy atom.